The molecule has 0 spiro atoms. The maximum atomic E-state index is 11.7. The van der Waals surface area contributed by atoms with Gasteiger partial charge in [-0.15, -0.1) is 0 Å². The van der Waals surface area contributed by atoms with E-state index in [0.29, 0.717) is 0 Å². The second-order valence-corrected chi connectivity index (χ2v) is 3.75. The first-order chi connectivity index (χ1) is 8.31. The van der Waals surface area contributed by atoms with E-state index in [0.717, 1.165) is 9.13 Å². The second-order valence-electron chi connectivity index (χ2n) is 3.75. The molecule has 18 heavy (non-hydrogen) atoms. The van der Waals surface area contributed by atoms with Gasteiger partial charge in [-0.1, -0.05) is 0 Å². The SMILES string of the molecule is C[C@H](Nc1c(C#N)c(=O)n(C)c(=O)n1C)C(=O)O. The lowest BCUT2D eigenvalue weighted by Crippen LogP contribution is -2.41. The summed E-state index contributed by atoms with van der Waals surface area (Å²) in [5.41, 5.74) is -1.70. The monoisotopic (exact) mass is 252 g/mol. The van der Waals surface area contributed by atoms with Crippen LogP contribution in [0.4, 0.5) is 5.82 Å². The Hall–Kier alpha value is -2.56. The van der Waals surface area contributed by atoms with Crippen molar-refractivity contribution in [3.8, 4) is 6.07 Å². The highest BCUT2D eigenvalue weighted by atomic mass is 16.4. The van der Waals surface area contributed by atoms with E-state index >= 15 is 0 Å². The zero-order valence-electron chi connectivity index (χ0n) is 10.1. The number of carboxylic acid groups (broad SMARTS) is 1. The molecule has 1 heterocycles. The molecular formula is C10H12N4O4. The van der Waals surface area contributed by atoms with Gasteiger partial charge < -0.3 is 10.4 Å². The lowest BCUT2D eigenvalue weighted by atomic mass is 10.2. The molecule has 8 nitrogen and oxygen atoms in total. The van der Waals surface area contributed by atoms with Crippen LogP contribution >= 0.6 is 0 Å². The highest BCUT2D eigenvalue weighted by molar-refractivity contribution is 5.77. The Morgan fingerprint density at radius 2 is 1.94 bits per heavy atom. The maximum Gasteiger partial charge on any atom is 0.332 e. The number of aliphatic carboxylic acids is 1. The molecule has 0 aliphatic carbocycles. The van der Waals surface area contributed by atoms with Crippen LogP contribution in [0.1, 0.15) is 12.5 Å². The van der Waals surface area contributed by atoms with Gasteiger partial charge in [0.2, 0.25) is 0 Å². The Labute approximate surface area is 102 Å². The van der Waals surface area contributed by atoms with Crippen LogP contribution in [-0.4, -0.2) is 26.3 Å². The van der Waals surface area contributed by atoms with E-state index in [9.17, 15) is 14.4 Å². The molecule has 1 aromatic heterocycles. The topological polar surface area (TPSA) is 117 Å². The van der Waals surface area contributed by atoms with E-state index in [2.05, 4.69) is 5.32 Å². The van der Waals surface area contributed by atoms with Crippen molar-refractivity contribution in [3.63, 3.8) is 0 Å². The lowest BCUT2D eigenvalue weighted by Gasteiger charge is -2.15. The number of aromatic nitrogens is 2. The number of hydrogen-bond donors (Lipinski definition) is 2. The lowest BCUT2D eigenvalue weighted by molar-refractivity contribution is -0.137. The molecule has 1 atom stereocenters. The summed E-state index contributed by atoms with van der Waals surface area (Å²) in [7, 11) is 2.59. The molecule has 1 aromatic rings. The molecule has 96 valence electrons. The molecule has 0 amide bonds. The van der Waals surface area contributed by atoms with Gasteiger partial charge in [-0.25, -0.2) is 4.79 Å². The normalized spacial score (nSPS) is 11.7. The maximum absolute atomic E-state index is 11.7. The summed E-state index contributed by atoms with van der Waals surface area (Å²) in [6.07, 6.45) is 0. The third-order valence-corrected chi connectivity index (χ3v) is 2.50. The van der Waals surface area contributed by atoms with Gasteiger partial charge in [0.05, 0.1) is 0 Å². The summed E-state index contributed by atoms with van der Waals surface area (Å²) in [5.74, 6) is -1.26. The molecule has 0 aliphatic rings. The van der Waals surface area contributed by atoms with Crippen molar-refractivity contribution in [2.24, 2.45) is 14.1 Å². The molecular weight excluding hydrogens is 240 g/mol. The van der Waals surface area contributed by atoms with E-state index in [1.807, 2.05) is 0 Å². The van der Waals surface area contributed by atoms with E-state index in [-0.39, 0.29) is 11.4 Å². The predicted octanol–water partition coefficient (Wildman–Crippen LogP) is -1.16. The van der Waals surface area contributed by atoms with E-state index < -0.39 is 23.3 Å². The molecule has 1 rings (SSSR count). The largest absolute Gasteiger partial charge is 0.480 e. The Balaban J connectivity index is 3.54. The smallest absolute Gasteiger partial charge is 0.332 e. The Bertz CT molecular complexity index is 650. The van der Waals surface area contributed by atoms with Crippen LogP contribution in [0.5, 0.6) is 0 Å². The van der Waals surface area contributed by atoms with E-state index in [4.69, 9.17) is 10.4 Å². The van der Waals surface area contributed by atoms with Gasteiger partial charge in [0.25, 0.3) is 5.56 Å². The summed E-state index contributed by atoms with van der Waals surface area (Å²) in [5, 5.41) is 20.2. The molecule has 2 N–H and O–H groups in total. The van der Waals surface area contributed by atoms with Crippen LogP contribution in [0.25, 0.3) is 0 Å². The summed E-state index contributed by atoms with van der Waals surface area (Å²) >= 11 is 0. The number of anilines is 1. The second kappa shape index (κ2) is 4.75. The van der Waals surface area contributed by atoms with Gasteiger partial charge in [-0.05, 0) is 6.92 Å². The van der Waals surface area contributed by atoms with Crippen LogP contribution in [-0.2, 0) is 18.9 Å². The third kappa shape index (κ3) is 2.10. The summed E-state index contributed by atoms with van der Waals surface area (Å²) in [6, 6.07) is 0.636. The van der Waals surface area contributed by atoms with Crippen LogP contribution < -0.4 is 16.6 Å². The van der Waals surface area contributed by atoms with Crippen molar-refractivity contribution >= 4 is 11.8 Å². The van der Waals surface area contributed by atoms with E-state index in [1.165, 1.54) is 21.0 Å². The fourth-order valence-electron chi connectivity index (χ4n) is 1.38. The molecule has 8 heteroatoms. The minimum Gasteiger partial charge on any atom is -0.480 e. The zero-order valence-corrected chi connectivity index (χ0v) is 10.1. The minimum atomic E-state index is -1.16. The van der Waals surface area contributed by atoms with Crippen molar-refractivity contribution in [3.05, 3.63) is 26.4 Å². The summed E-state index contributed by atoms with van der Waals surface area (Å²) in [4.78, 5) is 34.1. The van der Waals surface area contributed by atoms with Crippen molar-refractivity contribution in [1.82, 2.24) is 9.13 Å². The number of nitrogens with one attached hydrogen (secondary N) is 1. The number of rotatable bonds is 3. The minimum absolute atomic E-state index is 0.0968. The Morgan fingerprint density at radius 1 is 1.39 bits per heavy atom. The van der Waals surface area contributed by atoms with Gasteiger partial charge >= 0.3 is 11.7 Å². The van der Waals surface area contributed by atoms with Crippen molar-refractivity contribution in [2.45, 2.75) is 13.0 Å². The molecule has 0 aromatic carbocycles. The van der Waals surface area contributed by atoms with Gasteiger partial charge in [0.15, 0.2) is 5.56 Å². The average Bonchev–Trinajstić information content (AvgIpc) is 2.33. The van der Waals surface area contributed by atoms with Gasteiger partial charge in [0, 0.05) is 14.1 Å². The standard InChI is InChI=1S/C10H12N4O4/c1-5(9(16)17)12-7-6(4-11)8(15)14(3)10(18)13(7)2/h5,12H,1-3H3,(H,16,17)/t5-/m0/s1. The number of carbonyl (C=O) groups is 1. The van der Waals surface area contributed by atoms with Crippen molar-refractivity contribution in [2.75, 3.05) is 5.32 Å². The van der Waals surface area contributed by atoms with Gasteiger partial charge in [-0.3, -0.25) is 18.7 Å². The third-order valence-electron chi connectivity index (χ3n) is 2.50. The molecule has 0 radical (unpaired) electrons. The fourth-order valence-corrected chi connectivity index (χ4v) is 1.38. The first-order valence-electron chi connectivity index (χ1n) is 5.00. The summed E-state index contributed by atoms with van der Waals surface area (Å²) < 4.78 is 1.81. The van der Waals surface area contributed by atoms with Crippen LogP contribution in [0, 0.1) is 11.3 Å². The van der Waals surface area contributed by atoms with Gasteiger partial charge in [-0.2, -0.15) is 5.26 Å². The van der Waals surface area contributed by atoms with Crippen molar-refractivity contribution < 1.29 is 9.90 Å². The highest BCUT2D eigenvalue weighted by Gasteiger charge is 2.19. The molecule has 0 saturated carbocycles. The number of nitrogens with zero attached hydrogens (tertiary/aromatic N) is 3. The molecule has 0 bridgehead atoms. The zero-order chi connectivity index (χ0) is 14.0. The van der Waals surface area contributed by atoms with E-state index in [1.54, 1.807) is 6.07 Å². The number of carboxylic acids is 1. The molecule has 0 fully saturated rings. The van der Waals surface area contributed by atoms with Crippen LogP contribution in [0.15, 0.2) is 9.59 Å². The molecule has 0 unspecified atom stereocenters. The number of nitriles is 1. The molecule has 0 aliphatic heterocycles. The quantitative estimate of drug-likeness (QED) is 0.700. The van der Waals surface area contributed by atoms with Gasteiger partial charge in [0.1, 0.15) is 17.9 Å². The first-order valence-corrected chi connectivity index (χ1v) is 5.00. The molecule has 0 saturated heterocycles. The fraction of sp³-hybridized carbons (Fsp3) is 0.400. The Kier molecular flexibility index (Phi) is 3.56. The first kappa shape index (κ1) is 13.5. The predicted molar refractivity (Wildman–Crippen MR) is 62.4 cm³/mol. The summed E-state index contributed by atoms with van der Waals surface area (Å²) in [6.45, 7) is 1.34. The van der Waals surface area contributed by atoms with Crippen LogP contribution in [0.2, 0.25) is 0 Å². The average molecular weight is 252 g/mol. The Morgan fingerprint density at radius 3 is 2.39 bits per heavy atom. The van der Waals surface area contributed by atoms with Crippen molar-refractivity contribution in [1.29, 1.82) is 5.26 Å². The number of hydrogen-bond acceptors (Lipinski definition) is 5. The highest BCUT2D eigenvalue weighted by Crippen LogP contribution is 2.08. The van der Waals surface area contributed by atoms with Crippen LogP contribution in [0.3, 0.4) is 0 Å².